The summed E-state index contributed by atoms with van der Waals surface area (Å²) in [5.74, 6) is 0. The molecule has 134 valence electrons. The Labute approximate surface area is 147 Å². The van der Waals surface area contributed by atoms with Crippen LogP contribution in [0.1, 0.15) is 25.0 Å². The lowest BCUT2D eigenvalue weighted by Gasteiger charge is -2.33. The number of aromatic nitrogens is 1. The molecular weight excluding hydrogens is 318 g/mol. The Kier molecular flexibility index (Phi) is 5.38. The molecule has 0 saturated carbocycles. The molecule has 1 aliphatic heterocycles. The zero-order chi connectivity index (χ0) is 17.8. The molecule has 1 aromatic heterocycles. The summed E-state index contributed by atoms with van der Waals surface area (Å²) in [7, 11) is 0. The van der Waals surface area contributed by atoms with Crippen LogP contribution < -0.4 is 5.56 Å². The molecule has 1 N–H and O–H groups in total. The fourth-order valence-corrected chi connectivity index (χ4v) is 3.18. The van der Waals surface area contributed by atoms with E-state index in [2.05, 4.69) is 22.9 Å². The second kappa shape index (κ2) is 7.70. The van der Waals surface area contributed by atoms with E-state index >= 15 is 0 Å². The average Bonchev–Trinajstić information content (AvgIpc) is 2.63. The third kappa shape index (κ3) is 4.02. The Bertz CT molecular complexity index is 807. The summed E-state index contributed by atoms with van der Waals surface area (Å²) in [4.78, 5) is 31.0. The smallest absolute Gasteiger partial charge is 0.409 e. The minimum atomic E-state index is -0.252. The number of H-pyrrole nitrogens is 1. The summed E-state index contributed by atoms with van der Waals surface area (Å²) in [5.41, 5.74) is 2.86. The van der Waals surface area contributed by atoms with Gasteiger partial charge < -0.3 is 14.6 Å². The lowest BCUT2D eigenvalue weighted by atomic mass is 10.1. The molecule has 1 amide bonds. The van der Waals surface area contributed by atoms with Crippen molar-refractivity contribution in [2.75, 3.05) is 32.8 Å². The van der Waals surface area contributed by atoms with Crippen LogP contribution in [0.3, 0.4) is 0 Å². The number of hydrogen-bond acceptors (Lipinski definition) is 4. The molecule has 0 atom stereocenters. The van der Waals surface area contributed by atoms with Crippen LogP contribution in [0.15, 0.2) is 29.1 Å². The van der Waals surface area contributed by atoms with Crippen LogP contribution in [0, 0.1) is 0 Å². The Morgan fingerprint density at radius 1 is 1.16 bits per heavy atom. The molecule has 0 aliphatic carbocycles. The number of ether oxygens (including phenoxy) is 1. The van der Waals surface area contributed by atoms with Crippen LogP contribution in [-0.2, 0) is 17.7 Å². The van der Waals surface area contributed by atoms with Crippen molar-refractivity contribution in [1.82, 2.24) is 14.8 Å². The highest BCUT2D eigenvalue weighted by molar-refractivity contribution is 5.79. The number of nitrogens with zero attached hydrogens (tertiary/aromatic N) is 2. The van der Waals surface area contributed by atoms with E-state index in [4.69, 9.17) is 4.74 Å². The molecule has 3 rings (SSSR count). The number of carbonyl (C=O) groups excluding carboxylic acids is 1. The van der Waals surface area contributed by atoms with Gasteiger partial charge in [-0.15, -0.1) is 0 Å². The van der Waals surface area contributed by atoms with Crippen molar-refractivity contribution in [2.45, 2.75) is 26.8 Å². The van der Waals surface area contributed by atoms with E-state index < -0.39 is 0 Å². The van der Waals surface area contributed by atoms with Gasteiger partial charge in [0.1, 0.15) is 0 Å². The summed E-state index contributed by atoms with van der Waals surface area (Å²) < 4.78 is 5.04. The highest BCUT2D eigenvalue weighted by atomic mass is 16.6. The second-order valence-electron chi connectivity index (χ2n) is 6.36. The molecule has 0 unspecified atom stereocenters. The number of aryl methyl sites for hydroxylation is 1. The number of nitrogens with one attached hydrogen (secondary N) is 1. The first kappa shape index (κ1) is 17.5. The molecule has 1 fully saturated rings. The first-order chi connectivity index (χ1) is 12.1. The van der Waals surface area contributed by atoms with Gasteiger partial charge in [-0.05, 0) is 42.5 Å². The highest BCUT2D eigenvalue weighted by Gasteiger charge is 2.22. The summed E-state index contributed by atoms with van der Waals surface area (Å²) in [6.07, 6.45) is 0.720. The Hall–Kier alpha value is -2.34. The van der Waals surface area contributed by atoms with Gasteiger partial charge in [-0.1, -0.05) is 13.0 Å². The number of amides is 1. The van der Waals surface area contributed by atoms with Crippen molar-refractivity contribution in [3.63, 3.8) is 0 Å². The molecule has 1 aromatic carbocycles. The molecule has 1 aliphatic rings. The Morgan fingerprint density at radius 2 is 1.92 bits per heavy atom. The fraction of sp³-hybridized carbons (Fsp3) is 0.474. The predicted octanol–water partition coefficient (Wildman–Crippen LogP) is 2.36. The lowest BCUT2D eigenvalue weighted by molar-refractivity contribution is 0.0777. The van der Waals surface area contributed by atoms with Crippen LogP contribution in [0.5, 0.6) is 0 Å². The zero-order valence-electron chi connectivity index (χ0n) is 14.9. The maximum absolute atomic E-state index is 12.4. The minimum absolute atomic E-state index is 0.0374. The van der Waals surface area contributed by atoms with E-state index in [0.29, 0.717) is 26.2 Å². The van der Waals surface area contributed by atoms with Crippen LogP contribution in [0.4, 0.5) is 4.79 Å². The van der Waals surface area contributed by atoms with Gasteiger partial charge in [0, 0.05) is 43.8 Å². The summed E-state index contributed by atoms with van der Waals surface area (Å²) in [6.45, 7) is 7.66. The molecule has 6 nitrogen and oxygen atoms in total. The first-order valence-electron chi connectivity index (χ1n) is 8.89. The molecule has 0 bridgehead atoms. The molecular formula is C19H25N3O3. The van der Waals surface area contributed by atoms with Gasteiger partial charge in [0.15, 0.2) is 0 Å². The van der Waals surface area contributed by atoms with Gasteiger partial charge in [0.05, 0.1) is 6.61 Å². The van der Waals surface area contributed by atoms with Gasteiger partial charge in [0.2, 0.25) is 0 Å². The van der Waals surface area contributed by atoms with Crippen molar-refractivity contribution in [3.8, 4) is 0 Å². The maximum atomic E-state index is 12.4. The number of hydrogen-bond donors (Lipinski definition) is 1. The summed E-state index contributed by atoms with van der Waals surface area (Å²) >= 11 is 0. The third-order valence-corrected chi connectivity index (χ3v) is 4.69. The lowest BCUT2D eigenvalue weighted by Crippen LogP contribution is -2.48. The topological polar surface area (TPSA) is 65.6 Å². The van der Waals surface area contributed by atoms with Crippen LogP contribution >= 0.6 is 0 Å². The van der Waals surface area contributed by atoms with Gasteiger partial charge in [-0.25, -0.2) is 4.79 Å². The second-order valence-corrected chi connectivity index (χ2v) is 6.36. The van der Waals surface area contributed by atoms with E-state index in [1.54, 1.807) is 4.90 Å². The Morgan fingerprint density at radius 3 is 2.60 bits per heavy atom. The molecule has 2 heterocycles. The van der Waals surface area contributed by atoms with Gasteiger partial charge in [0.25, 0.3) is 5.56 Å². The average molecular weight is 343 g/mol. The highest BCUT2D eigenvalue weighted by Crippen LogP contribution is 2.15. The number of rotatable bonds is 4. The van der Waals surface area contributed by atoms with Crippen molar-refractivity contribution < 1.29 is 9.53 Å². The van der Waals surface area contributed by atoms with Crippen molar-refractivity contribution in [3.05, 3.63) is 45.7 Å². The van der Waals surface area contributed by atoms with Crippen LogP contribution in [0.25, 0.3) is 10.9 Å². The van der Waals surface area contributed by atoms with E-state index in [0.717, 1.165) is 36.0 Å². The predicted molar refractivity (Wildman–Crippen MR) is 97.8 cm³/mol. The Balaban J connectivity index is 1.70. The molecule has 6 heteroatoms. The minimum Gasteiger partial charge on any atom is -0.450 e. The number of aromatic amines is 1. The van der Waals surface area contributed by atoms with Gasteiger partial charge in [-0.2, -0.15) is 0 Å². The van der Waals surface area contributed by atoms with Crippen molar-refractivity contribution in [2.24, 2.45) is 0 Å². The van der Waals surface area contributed by atoms with Crippen molar-refractivity contribution in [1.29, 1.82) is 0 Å². The molecule has 0 radical (unpaired) electrons. The molecule has 1 saturated heterocycles. The van der Waals surface area contributed by atoms with E-state index in [1.807, 2.05) is 25.1 Å². The molecule has 25 heavy (non-hydrogen) atoms. The molecule has 2 aromatic rings. The SMILES string of the molecule is CCOC(=O)N1CCN(Cc2cc3cc(CC)ccc3[nH]c2=O)CC1. The third-order valence-electron chi connectivity index (χ3n) is 4.69. The maximum Gasteiger partial charge on any atom is 0.409 e. The largest absolute Gasteiger partial charge is 0.450 e. The van der Waals surface area contributed by atoms with Gasteiger partial charge in [-0.3, -0.25) is 9.69 Å². The quantitative estimate of drug-likeness (QED) is 0.925. The number of fused-ring (bicyclic) bond motifs is 1. The fourth-order valence-electron chi connectivity index (χ4n) is 3.18. The molecule has 0 spiro atoms. The van der Waals surface area contributed by atoms with E-state index in [-0.39, 0.29) is 11.7 Å². The summed E-state index contributed by atoms with van der Waals surface area (Å²) in [6, 6.07) is 8.14. The number of benzene rings is 1. The standard InChI is InChI=1S/C19H25N3O3/c1-3-14-5-6-17-15(11-14)12-16(18(23)20-17)13-21-7-9-22(10-8-21)19(24)25-4-2/h5-6,11-12H,3-4,7-10,13H2,1-2H3,(H,20,23). The van der Waals surface area contributed by atoms with E-state index in [1.165, 1.54) is 5.56 Å². The number of piperazine rings is 1. The first-order valence-corrected chi connectivity index (χ1v) is 8.89. The van der Waals surface area contributed by atoms with Crippen molar-refractivity contribution >= 4 is 17.0 Å². The van der Waals surface area contributed by atoms with Gasteiger partial charge >= 0.3 is 6.09 Å². The summed E-state index contributed by atoms with van der Waals surface area (Å²) in [5, 5.41) is 1.07. The van der Waals surface area contributed by atoms with Crippen LogP contribution in [0.2, 0.25) is 0 Å². The number of pyridine rings is 1. The monoisotopic (exact) mass is 343 g/mol. The van der Waals surface area contributed by atoms with Crippen LogP contribution in [-0.4, -0.2) is 53.7 Å². The number of carbonyl (C=O) groups is 1. The normalized spacial score (nSPS) is 15.5. The zero-order valence-corrected chi connectivity index (χ0v) is 14.9. The van der Waals surface area contributed by atoms with E-state index in [9.17, 15) is 9.59 Å².